The highest BCUT2D eigenvalue weighted by molar-refractivity contribution is 5.90. The molecule has 0 saturated carbocycles. The lowest BCUT2D eigenvalue weighted by Crippen LogP contribution is -2.38. The van der Waals surface area contributed by atoms with Gasteiger partial charge in [0.15, 0.2) is 23.2 Å². The second kappa shape index (κ2) is 9.61. The largest absolute Gasteiger partial charge is 0.486 e. The van der Waals surface area contributed by atoms with Gasteiger partial charge in [-0.25, -0.2) is 18.7 Å². The van der Waals surface area contributed by atoms with Gasteiger partial charge in [-0.1, -0.05) is 6.07 Å². The second-order valence-corrected chi connectivity index (χ2v) is 10.1. The monoisotopic (exact) mass is 504 g/mol. The van der Waals surface area contributed by atoms with E-state index in [0.29, 0.717) is 36.6 Å². The molecule has 2 aliphatic rings. The molecule has 1 N–H and O–H groups in total. The van der Waals surface area contributed by atoms with Crippen LogP contribution in [0.1, 0.15) is 44.5 Å². The van der Waals surface area contributed by atoms with Crippen molar-refractivity contribution in [1.29, 1.82) is 0 Å². The molecule has 0 atom stereocenters. The van der Waals surface area contributed by atoms with Crippen LogP contribution >= 0.6 is 0 Å². The van der Waals surface area contributed by atoms with Crippen LogP contribution in [0.3, 0.4) is 0 Å². The van der Waals surface area contributed by atoms with Crippen molar-refractivity contribution in [1.82, 2.24) is 20.2 Å². The van der Waals surface area contributed by atoms with Gasteiger partial charge in [-0.3, -0.25) is 5.10 Å². The first-order chi connectivity index (χ1) is 18.0. The van der Waals surface area contributed by atoms with Gasteiger partial charge >= 0.3 is 0 Å². The molecule has 2 aliphatic heterocycles. The van der Waals surface area contributed by atoms with Gasteiger partial charge in [0.05, 0.1) is 23.9 Å². The van der Waals surface area contributed by atoms with Crippen LogP contribution in [-0.2, 0) is 6.42 Å². The Morgan fingerprint density at radius 3 is 2.68 bits per heavy atom. The number of aromatic amines is 1. The van der Waals surface area contributed by atoms with E-state index in [1.54, 1.807) is 6.07 Å². The molecule has 2 aromatic carbocycles. The van der Waals surface area contributed by atoms with E-state index in [4.69, 9.17) is 4.74 Å². The predicted octanol–water partition coefficient (Wildman–Crippen LogP) is 5.49. The fourth-order valence-corrected chi connectivity index (χ4v) is 5.35. The first-order valence-corrected chi connectivity index (χ1v) is 12.9. The fourth-order valence-electron chi connectivity index (χ4n) is 5.35. The molecule has 192 valence electrons. The Balaban J connectivity index is 1.33. The molecule has 0 amide bonds. The maximum absolute atomic E-state index is 15.0. The van der Waals surface area contributed by atoms with E-state index in [2.05, 4.69) is 36.0 Å². The van der Waals surface area contributed by atoms with E-state index < -0.39 is 11.6 Å². The van der Waals surface area contributed by atoms with E-state index in [9.17, 15) is 4.39 Å². The first-order valence-electron chi connectivity index (χ1n) is 12.9. The van der Waals surface area contributed by atoms with Crippen LogP contribution in [-0.4, -0.2) is 52.4 Å². The third kappa shape index (κ3) is 4.47. The molecular weight excluding hydrogens is 474 g/mol. The van der Waals surface area contributed by atoms with Crippen molar-refractivity contribution in [2.45, 2.75) is 45.6 Å². The Hall–Kier alpha value is -3.75. The molecule has 0 aliphatic carbocycles. The minimum absolute atomic E-state index is 0.0828. The molecule has 4 aromatic rings. The summed E-state index contributed by atoms with van der Waals surface area (Å²) < 4.78 is 35.5. The molecule has 4 heterocycles. The highest BCUT2D eigenvalue weighted by atomic mass is 19.1. The molecule has 0 spiro atoms. The minimum atomic E-state index is -0.589. The van der Waals surface area contributed by atoms with Crippen LogP contribution in [0.25, 0.3) is 22.2 Å². The highest BCUT2D eigenvalue weighted by Gasteiger charge is 2.26. The number of fused-ring (bicyclic) bond motifs is 2. The summed E-state index contributed by atoms with van der Waals surface area (Å²) in [5.41, 5.74) is 3.05. The Kier molecular flexibility index (Phi) is 6.14. The van der Waals surface area contributed by atoms with Gasteiger partial charge < -0.3 is 14.5 Å². The number of nitrogens with one attached hydrogen (secondary N) is 1. The Morgan fingerprint density at radius 2 is 1.86 bits per heavy atom. The molecule has 0 radical (unpaired) electrons. The standard InChI is InChI=1S/C28H30F2N6O/c1-17(2)36-10-11-37-27-21(29)14-19(15-24(27)36)26-22(30)16-31-25(32-26)13-18-6-7-23-20(12-18)28(34-33-23)35-8-4-3-5-9-35/h6-7,12,14-17H,3-5,8-11,13H2,1-2H3,(H,33,34). The van der Waals surface area contributed by atoms with Crippen LogP contribution < -0.4 is 14.5 Å². The lowest BCUT2D eigenvalue weighted by molar-refractivity contribution is 0.287. The molecule has 37 heavy (non-hydrogen) atoms. The van der Waals surface area contributed by atoms with E-state index in [0.717, 1.165) is 35.4 Å². The van der Waals surface area contributed by atoms with E-state index in [1.165, 1.54) is 31.5 Å². The van der Waals surface area contributed by atoms with Gasteiger partial charge in [0.1, 0.15) is 18.1 Å². The minimum Gasteiger partial charge on any atom is -0.486 e. The number of ether oxygens (including phenoxy) is 1. The Labute approximate surface area is 214 Å². The normalized spacial score (nSPS) is 15.8. The summed E-state index contributed by atoms with van der Waals surface area (Å²) in [6.45, 7) is 7.14. The smallest absolute Gasteiger partial charge is 0.178 e. The molecule has 7 nitrogen and oxygen atoms in total. The van der Waals surface area contributed by atoms with Gasteiger partial charge in [-0.15, -0.1) is 0 Å². The van der Waals surface area contributed by atoms with Crippen molar-refractivity contribution < 1.29 is 13.5 Å². The molecule has 0 unspecified atom stereocenters. The number of piperidine rings is 1. The molecule has 9 heteroatoms. The van der Waals surface area contributed by atoms with E-state index in [1.807, 2.05) is 26.0 Å². The zero-order valence-corrected chi connectivity index (χ0v) is 21.1. The van der Waals surface area contributed by atoms with Crippen molar-refractivity contribution in [3.05, 3.63) is 59.6 Å². The highest BCUT2D eigenvalue weighted by Crippen LogP contribution is 2.39. The number of aromatic nitrogens is 4. The Morgan fingerprint density at radius 1 is 1.03 bits per heavy atom. The fraction of sp³-hybridized carbons (Fsp3) is 0.393. The number of halogens is 2. The summed E-state index contributed by atoms with van der Waals surface area (Å²) in [7, 11) is 0. The van der Waals surface area contributed by atoms with Crippen molar-refractivity contribution in [3.8, 4) is 17.0 Å². The van der Waals surface area contributed by atoms with E-state index >= 15 is 4.39 Å². The number of benzene rings is 2. The SMILES string of the molecule is CC(C)N1CCOc2c(F)cc(-c3nc(Cc4ccc5[nH]nc(N6CCCCC6)c5c4)ncc3F)cc21. The van der Waals surface area contributed by atoms with Gasteiger partial charge in [-0.2, -0.15) is 5.10 Å². The quantitative estimate of drug-likeness (QED) is 0.388. The zero-order valence-electron chi connectivity index (χ0n) is 21.1. The number of H-pyrrole nitrogens is 1. The number of nitrogens with zero attached hydrogens (tertiary/aromatic N) is 5. The molecular formula is C28H30F2N6O. The number of hydrogen-bond donors (Lipinski definition) is 1. The summed E-state index contributed by atoms with van der Waals surface area (Å²) >= 11 is 0. The maximum atomic E-state index is 15.0. The molecule has 0 bridgehead atoms. The molecule has 1 fully saturated rings. The summed E-state index contributed by atoms with van der Waals surface area (Å²) in [4.78, 5) is 13.2. The summed E-state index contributed by atoms with van der Waals surface area (Å²) in [6.07, 6.45) is 5.18. The molecule has 1 saturated heterocycles. The average Bonchev–Trinajstić information content (AvgIpc) is 3.33. The van der Waals surface area contributed by atoms with Crippen LogP contribution in [0.15, 0.2) is 36.5 Å². The third-order valence-corrected chi connectivity index (χ3v) is 7.23. The third-order valence-electron chi connectivity index (χ3n) is 7.23. The van der Waals surface area contributed by atoms with Crippen molar-refractivity contribution in [3.63, 3.8) is 0 Å². The average molecular weight is 505 g/mol. The number of hydrogen-bond acceptors (Lipinski definition) is 6. The molecule has 2 aromatic heterocycles. The van der Waals surface area contributed by atoms with E-state index in [-0.39, 0.29) is 17.5 Å². The van der Waals surface area contributed by atoms with Crippen molar-refractivity contribution >= 4 is 22.4 Å². The number of anilines is 2. The van der Waals surface area contributed by atoms with Crippen molar-refractivity contribution in [2.24, 2.45) is 0 Å². The lowest BCUT2D eigenvalue weighted by atomic mass is 10.1. The van der Waals surface area contributed by atoms with Gasteiger partial charge in [0, 0.05) is 36.5 Å². The van der Waals surface area contributed by atoms with Gasteiger partial charge in [0.25, 0.3) is 0 Å². The lowest BCUT2D eigenvalue weighted by Gasteiger charge is -2.34. The van der Waals surface area contributed by atoms with Crippen LogP contribution in [0.2, 0.25) is 0 Å². The maximum Gasteiger partial charge on any atom is 0.178 e. The second-order valence-electron chi connectivity index (χ2n) is 10.1. The van der Waals surface area contributed by atoms with Crippen LogP contribution in [0.4, 0.5) is 20.3 Å². The predicted molar refractivity (Wildman–Crippen MR) is 140 cm³/mol. The topological polar surface area (TPSA) is 70.2 Å². The van der Waals surface area contributed by atoms with Gasteiger partial charge in [0.2, 0.25) is 0 Å². The van der Waals surface area contributed by atoms with Gasteiger partial charge in [-0.05, 0) is 62.9 Å². The number of rotatable bonds is 5. The summed E-state index contributed by atoms with van der Waals surface area (Å²) in [6, 6.07) is 9.31. The summed E-state index contributed by atoms with van der Waals surface area (Å²) in [5.74, 6) is 0.533. The first kappa shape index (κ1) is 23.6. The Bertz CT molecular complexity index is 1450. The van der Waals surface area contributed by atoms with Crippen LogP contribution in [0, 0.1) is 11.6 Å². The summed E-state index contributed by atoms with van der Waals surface area (Å²) in [5, 5.41) is 8.76. The van der Waals surface area contributed by atoms with Crippen LogP contribution in [0.5, 0.6) is 5.75 Å². The van der Waals surface area contributed by atoms with Crippen molar-refractivity contribution in [2.75, 3.05) is 36.0 Å². The zero-order chi connectivity index (χ0) is 25.5. The molecule has 6 rings (SSSR count).